The van der Waals surface area contributed by atoms with Crippen molar-refractivity contribution in [3.05, 3.63) is 46.2 Å². The molecule has 0 aliphatic heterocycles. The lowest BCUT2D eigenvalue weighted by molar-refractivity contribution is -0.121. The fraction of sp³-hybridized carbons (Fsp3) is 0.412. The highest BCUT2D eigenvalue weighted by Crippen LogP contribution is 2.26. The summed E-state index contributed by atoms with van der Waals surface area (Å²) in [5.41, 5.74) is 0.865. The molecule has 0 bridgehead atoms. The molecule has 0 radical (unpaired) electrons. The van der Waals surface area contributed by atoms with Crippen molar-refractivity contribution >= 4 is 23.2 Å². The molecule has 7 heteroatoms. The summed E-state index contributed by atoms with van der Waals surface area (Å²) in [4.78, 5) is 32.7. The Morgan fingerprint density at radius 3 is 2.62 bits per heavy atom. The third-order valence-electron chi connectivity index (χ3n) is 3.22. The average Bonchev–Trinajstić information content (AvgIpc) is 3.04. The van der Waals surface area contributed by atoms with Gasteiger partial charge in [-0.05, 0) is 11.6 Å². The van der Waals surface area contributed by atoms with Gasteiger partial charge in [-0.2, -0.15) is 0 Å². The molecule has 0 aliphatic carbocycles. The van der Waals surface area contributed by atoms with E-state index in [0.717, 1.165) is 10.6 Å². The van der Waals surface area contributed by atoms with Gasteiger partial charge in [-0.25, -0.2) is 4.98 Å². The quantitative estimate of drug-likeness (QED) is 0.840. The lowest BCUT2D eigenvalue weighted by Gasteiger charge is -2.13. The number of thiazole rings is 1. The molecule has 2 aromatic rings. The summed E-state index contributed by atoms with van der Waals surface area (Å²) >= 11 is 1.38. The van der Waals surface area contributed by atoms with Crippen LogP contribution in [0.5, 0.6) is 0 Å². The second kappa shape index (κ2) is 8.01. The molecule has 24 heavy (non-hydrogen) atoms. The minimum absolute atomic E-state index is 0.0740. The molecular formula is C17H22N4O2S. The first-order valence-corrected chi connectivity index (χ1v) is 8.58. The van der Waals surface area contributed by atoms with Crippen LogP contribution in [0.3, 0.4) is 0 Å². The predicted octanol–water partition coefficient (Wildman–Crippen LogP) is 2.27. The number of hydrogen-bond acceptors (Lipinski definition) is 5. The van der Waals surface area contributed by atoms with E-state index >= 15 is 0 Å². The minimum atomic E-state index is -0.192. The fourth-order valence-electron chi connectivity index (χ4n) is 1.89. The van der Waals surface area contributed by atoms with Crippen molar-refractivity contribution in [1.82, 2.24) is 20.6 Å². The third-order valence-corrected chi connectivity index (χ3v) is 4.64. The zero-order valence-electron chi connectivity index (χ0n) is 14.1. The first kappa shape index (κ1) is 18.1. The highest BCUT2D eigenvalue weighted by Gasteiger charge is 2.20. The maximum absolute atomic E-state index is 12.1. The van der Waals surface area contributed by atoms with E-state index in [1.165, 1.54) is 11.3 Å². The molecule has 0 aliphatic rings. The van der Waals surface area contributed by atoms with E-state index in [4.69, 9.17) is 0 Å². The van der Waals surface area contributed by atoms with Gasteiger partial charge in [0.1, 0.15) is 4.88 Å². The first-order chi connectivity index (χ1) is 11.4. The van der Waals surface area contributed by atoms with Gasteiger partial charge in [-0.15, -0.1) is 11.3 Å². The molecule has 2 N–H and O–H groups in total. The number of aromatic nitrogens is 2. The number of carbonyl (C=O) groups is 2. The molecule has 2 rings (SSSR count). The molecule has 0 fully saturated rings. The molecule has 0 unspecified atom stereocenters. The topological polar surface area (TPSA) is 84.0 Å². The summed E-state index contributed by atoms with van der Waals surface area (Å²) in [5, 5.41) is 6.47. The van der Waals surface area contributed by atoms with E-state index in [0.29, 0.717) is 18.0 Å². The van der Waals surface area contributed by atoms with Gasteiger partial charge >= 0.3 is 0 Å². The van der Waals surface area contributed by atoms with Crippen molar-refractivity contribution in [2.24, 2.45) is 0 Å². The Balaban J connectivity index is 1.72. The van der Waals surface area contributed by atoms with Gasteiger partial charge in [0, 0.05) is 37.3 Å². The van der Waals surface area contributed by atoms with Gasteiger partial charge < -0.3 is 10.6 Å². The molecule has 0 aromatic carbocycles. The van der Waals surface area contributed by atoms with Gasteiger partial charge in [0.15, 0.2) is 0 Å². The van der Waals surface area contributed by atoms with Gasteiger partial charge in [-0.3, -0.25) is 14.6 Å². The molecule has 0 spiro atoms. The maximum Gasteiger partial charge on any atom is 0.263 e. The Morgan fingerprint density at radius 2 is 2.00 bits per heavy atom. The molecule has 2 amide bonds. The molecule has 0 saturated heterocycles. The largest absolute Gasteiger partial charge is 0.352 e. The Bertz CT molecular complexity index is 692. The highest BCUT2D eigenvalue weighted by molar-refractivity contribution is 7.13. The van der Waals surface area contributed by atoms with Crippen LogP contribution >= 0.6 is 11.3 Å². The fourth-order valence-corrected chi connectivity index (χ4v) is 2.78. The molecule has 0 saturated carbocycles. The van der Waals surface area contributed by atoms with Gasteiger partial charge in [0.25, 0.3) is 5.91 Å². The number of nitrogens with zero attached hydrogens (tertiary/aromatic N) is 2. The van der Waals surface area contributed by atoms with Crippen molar-refractivity contribution < 1.29 is 9.59 Å². The molecule has 2 aromatic heterocycles. The lowest BCUT2D eigenvalue weighted by atomic mass is 9.98. The summed E-state index contributed by atoms with van der Waals surface area (Å²) in [7, 11) is 0. The van der Waals surface area contributed by atoms with Crippen molar-refractivity contribution in [2.45, 2.75) is 39.2 Å². The van der Waals surface area contributed by atoms with Crippen LogP contribution < -0.4 is 10.6 Å². The van der Waals surface area contributed by atoms with E-state index in [1.54, 1.807) is 18.6 Å². The van der Waals surface area contributed by atoms with Crippen molar-refractivity contribution in [2.75, 3.05) is 6.54 Å². The molecule has 0 atom stereocenters. The lowest BCUT2D eigenvalue weighted by Crippen LogP contribution is -2.30. The Kier molecular flexibility index (Phi) is 6.03. The van der Waals surface area contributed by atoms with E-state index < -0.39 is 0 Å². The summed E-state index contributed by atoms with van der Waals surface area (Å²) in [5.74, 6) is -0.304. The monoisotopic (exact) mass is 346 g/mol. The summed E-state index contributed by atoms with van der Waals surface area (Å²) in [6.45, 7) is 6.89. The number of rotatable bonds is 6. The molecular weight excluding hydrogens is 324 g/mol. The average molecular weight is 346 g/mol. The number of amides is 2. The number of hydrogen-bond donors (Lipinski definition) is 2. The third kappa shape index (κ3) is 5.42. The minimum Gasteiger partial charge on any atom is -0.352 e. The first-order valence-electron chi connectivity index (χ1n) is 7.76. The standard InChI is InChI=1S/C17H22N4O2S/c1-17(2,3)16-21-11-13(24-16)15(23)19-8-6-14(22)20-10-12-5-4-7-18-9-12/h4-5,7,9,11H,6,8,10H2,1-3H3,(H,19,23)(H,20,22). The van der Waals surface area contributed by atoms with Gasteiger partial charge in [0.2, 0.25) is 5.91 Å². The van der Waals surface area contributed by atoms with Crippen LogP contribution in [0.2, 0.25) is 0 Å². The van der Waals surface area contributed by atoms with Crippen LogP contribution in [-0.2, 0) is 16.8 Å². The summed E-state index contributed by atoms with van der Waals surface area (Å²) < 4.78 is 0. The molecule has 6 nitrogen and oxygen atoms in total. The van der Waals surface area contributed by atoms with Crippen LogP contribution in [0, 0.1) is 0 Å². The van der Waals surface area contributed by atoms with E-state index in [1.807, 2.05) is 12.1 Å². The van der Waals surface area contributed by atoms with Crippen LogP contribution in [-0.4, -0.2) is 28.3 Å². The Hall–Kier alpha value is -2.28. The molecule has 128 valence electrons. The highest BCUT2D eigenvalue weighted by atomic mass is 32.1. The van der Waals surface area contributed by atoms with E-state index in [-0.39, 0.29) is 23.7 Å². The van der Waals surface area contributed by atoms with Gasteiger partial charge in [0.05, 0.1) is 11.2 Å². The van der Waals surface area contributed by atoms with E-state index in [2.05, 4.69) is 41.4 Å². The number of carbonyl (C=O) groups excluding carboxylic acids is 2. The summed E-state index contributed by atoms with van der Waals surface area (Å²) in [6, 6.07) is 3.72. The van der Waals surface area contributed by atoms with Crippen LogP contribution in [0.25, 0.3) is 0 Å². The van der Waals surface area contributed by atoms with Crippen molar-refractivity contribution in [3.63, 3.8) is 0 Å². The predicted molar refractivity (Wildman–Crippen MR) is 93.8 cm³/mol. The number of nitrogens with one attached hydrogen (secondary N) is 2. The van der Waals surface area contributed by atoms with Gasteiger partial charge in [-0.1, -0.05) is 26.8 Å². The van der Waals surface area contributed by atoms with Crippen LogP contribution in [0.4, 0.5) is 0 Å². The smallest absolute Gasteiger partial charge is 0.263 e. The summed E-state index contributed by atoms with van der Waals surface area (Å²) in [6.07, 6.45) is 5.21. The second-order valence-corrected chi connectivity index (χ2v) is 7.45. The molecule has 2 heterocycles. The second-order valence-electron chi connectivity index (χ2n) is 6.42. The van der Waals surface area contributed by atoms with Crippen LogP contribution in [0.1, 0.15) is 47.4 Å². The van der Waals surface area contributed by atoms with Crippen molar-refractivity contribution in [3.8, 4) is 0 Å². The Labute approximate surface area is 145 Å². The number of pyridine rings is 1. The van der Waals surface area contributed by atoms with Crippen LogP contribution in [0.15, 0.2) is 30.7 Å². The Morgan fingerprint density at radius 1 is 1.21 bits per heavy atom. The zero-order valence-corrected chi connectivity index (χ0v) is 14.9. The normalized spacial score (nSPS) is 11.1. The van der Waals surface area contributed by atoms with Crippen molar-refractivity contribution in [1.29, 1.82) is 0 Å². The van der Waals surface area contributed by atoms with E-state index in [9.17, 15) is 9.59 Å². The zero-order chi connectivity index (χ0) is 17.6. The maximum atomic E-state index is 12.1. The SMILES string of the molecule is CC(C)(C)c1ncc(C(=O)NCCC(=O)NCc2cccnc2)s1.